The summed E-state index contributed by atoms with van der Waals surface area (Å²) in [5.74, 6) is -1.26. The van der Waals surface area contributed by atoms with E-state index in [2.05, 4.69) is 11.4 Å². The zero-order chi connectivity index (χ0) is 37.7. The van der Waals surface area contributed by atoms with Crippen LogP contribution in [0.5, 0.6) is 0 Å². The summed E-state index contributed by atoms with van der Waals surface area (Å²) in [5, 5.41) is 3.06. The number of ether oxygens (including phenoxy) is 1. The number of benzene rings is 3. The van der Waals surface area contributed by atoms with Crippen LogP contribution in [-0.2, 0) is 37.5 Å². The van der Waals surface area contributed by atoms with Gasteiger partial charge in [0.15, 0.2) is 0 Å². The Kier molecular flexibility index (Phi) is 10.2. The first kappa shape index (κ1) is 37.7. The van der Waals surface area contributed by atoms with Crippen molar-refractivity contribution in [3.8, 4) is 0 Å². The Bertz CT molecular complexity index is 2090. The number of amides is 3. The van der Waals surface area contributed by atoms with Crippen LogP contribution in [0.25, 0.3) is 10.1 Å². The number of carbonyl (C=O) groups excluding carboxylic acids is 3. The van der Waals surface area contributed by atoms with Crippen LogP contribution < -0.4 is 5.32 Å². The van der Waals surface area contributed by atoms with Crippen LogP contribution in [-0.4, -0.2) is 69.1 Å². The van der Waals surface area contributed by atoms with Crippen LogP contribution in [0.2, 0.25) is 0 Å². The summed E-state index contributed by atoms with van der Waals surface area (Å²) in [7, 11) is -5.79. The molecule has 0 spiro atoms. The van der Waals surface area contributed by atoms with E-state index in [1.54, 1.807) is 9.80 Å². The lowest BCUT2D eigenvalue weighted by atomic mass is 9.84. The number of hydrogen-bond acceptors (Lipinski definition) is 6. The molecule has 4 aromatic rings. The number of nitrogens with zero attached hydrogens (tertiary/aromatic N) is 2. The van der Waals surface area contributed by atoms with Crippen molar-refractivity contribution in [1.29, 1.82) is 0 Å². The summed E-state index contributed by atoms with van der Waals surface area (Å²) in [4.78, 5) is 64.7. The molecular weight excluding hydrogens is 711 g/mol. The standard InChI is InChI=1S/C38H42F2N3O7PS/c1-22-10-12-28(23(2)16-22)30-21-42(14-15-50-30)35(45)29-18-24-8-6-7-9-25(24)20-43(29)36(46)33(37(3,4)5)41-34(44)32-19-26-17-27(11-13-31(26)52-32)38(39,40)51(47,48)49/h6-13,16-17,19,29-30,33H,14-15,18,20-21H2,1-5H3,(H,41,44)(H2,47,48,49)/t29-,30?,33+/m0/s1. The molecule has 3 aromatic carbocycles. The fourth-order valence-corrected chi connectivity index (χ4v) is 8.36. The summed E-state index contributed by atoms with van der Waals surface area (Å²) in [6.07, 6.45) is -0.0185. The van der Waals surface area contributed by atoms with E-state index in [1.165, 1.54) is 12.1 Å². The van der Waals surface area contributed by atoms with E-state index in [4.69, 9.17) is 4.74 Å². The van der Waals surface area contributed by atoms with Crippen molar-refractivity contribution in [1.82, 2.24) is 15.1 Å². The van der Waals surface area contributed by atoms with Gasteiger partial charge in [-0.05, 0) is 65.1 Å². The molecule has 1 unspecified atom stereocenters. The Labute approximate surface area is 304 Å². The fourth-order valence-electron chi connectivity index (χ4n) is 6.94. The van der Waals surface area contributed by atoms with Gasteiger partial charge in [0.05, 0.1) is 18.0 Å². The average Bonchev–Trinajstić information content (AvgIpc) is 3.52. The van der Waals surface area contributed by atoms with Crippen molar-refractivity contribution in [2.24, 2.45) is 5.41 Å². The first-order valence-corrected chi connectivity index (χ1v) is 19.4. The molecule has 1 fully saturated rings. The van der Waals surface area contributed by atoms with Crippen LogP contribution in [0.15, 0.2) is 66.7 Å². The molecule has 0 saturated carbocycles. The second kappa shape index (κ2) is 14.1. The summed E-state index contributed by atoms with van der Waals surface area (Å²) < 4.78 is 46.9. The van der Waals surface area contributed by atoms with Crippen molar-refractivity contribution in [2.45, 2.75) is 71.4 Å². The maximum absolute atomic E-state index is 14.7. The highest BCUT2D eigenvalue weighted by Gasteiger charge is 2.50. The number of rotatable bonds is 7. The van der Waals surface area contributed by atoms with E-state index < -0.39 is 48.1 Å². The Hall–Kier alpha value is -4.00. The third kappa shape index (κ3) is 7.43. The average molecular weight is 754 g/mol. The Morgan fingerprint density at radius 1 is 1.00 bits per heavy atom. The van der Waals surface area contributed by atoms with Gasteiger partial charge < -0.3 is 29.6 Å². The van der Waals surface area contributed by atoms with Gasteiger partial charge in [0.2, 0.25) is 11.8 Å². The monoisotopic (exact) mass is 753 g/mol. The summed E-state index contributed by atoms with van der Waals surface area (Å²) in [5.41, 5.74) is -1.00. The van der Waals surface area contributed by atoms with Crippen molar-refractivity contribution >= 4 is 46.7 Å². The smallest absolute Gasteiger partial charge is 0.370 e. The van der Waals surface area contributed by atoms with Crippen LogP contribution in [0.3, 0.4) is 0 Å². The van der Waals surface area contributed by atoms with E-state index >= 15 is 0 Å². The number of thiophene rings is 1. The second-order valence-electron chi connectivity index (χ2n) is 14.7. The molecule has 2 aliphatic rings. The molecule has 2 aliphatic heterocycles. The molecule has 3 atom stereocenters. The van der Waals surface area contributed by atoms with Gasteiger partial charge in [0, 0.05) is 29.8 Å². The van der Waals surface area contributed by atoms with Gasteiger partial charge in [-0.15, -0.1) is 11.3 Å². The van der Waals surface area contributed by atoms with E-state index in [1.807, 2.05) is 71.0 Å². The van der Waals surface area contributed by atoms with Gasteiger partial charge in [-0.2, -0.15) is 8.78 Å². The lowest BCUT2D eigenvalue weighted by Crippen LogP contribution is -2.61. The number of alkyl halides is 2. The Morgan fingerprint density at radius 2 is 1.71 bits per heavy atom. The lowest BCUT2D eigenvalue weighted by molar-refractivity contribution is -0.153. The number of aryl methyl sites for hydroxylation is 2. The Morgan fingerprint density at radius 3 is 2.38 bits per heavy atom. The van der Waals surface area contributed by atoms with Crippen molar-refractivity contribution < 1.29 is 42.3 Å². The molecule has 1 aromatic heterocycles. The third-order valence-electron chi connectivity index (χ3n) is 9.81. The van der Waals surface area contributed by atoms with E-state index in [-0.39, 0.29) is 28.8 Å². The first-order valence-electron chi connectivity index (χ1n) is 17.0. The predicted molar refractivity (Wildman–Crippen MR) is 194 cm³/mol. The highest BCUT2D eigenvalue weighted by atomic mass is 32.1. The zero-order valence-electron chi connectivity index (χ0n) is 29.6. The number of morpholine rings is 1. The summed E-state index contributed by atoms with van der Waals surface area (Å²) in [6, 6.07) is 16.4. The minimum atomic E-state index is -5.79. The lowest BCUT2D eigenvalue weighted by Gasteiger charge is -2.43. The van der Waals surface area contributed by atoms with E-state index in [0.29, 0.717) is 30.8 Å². The SMILES string of the molecule is Cc1ccc(C2CN(C(=O)[C@@H]3Cc4ccccc4CN3C(=O)[C@@H](NC(=O)c3cc4cc(C(F)(F)P(=O)(O)O)ccc4s3)C(C)(C)C)CCO2)c(C)c1. The van der Waals surface area contributed by atoms with Gasteiger partial charge in [-0.1, -0.05) is 74.9 Å². The molecule has 0 bridgehead atoms. The molecule has 14 heteroatoms. The molecule has 1 saturated heterocycles. The Balaban J connectivity index is 1.27. The molecular formula is C38H42F2N3O7PS. The molecule has 0 aliphatic carbocycles. The molecule has 3 heterocycles. The zero-order valence-corrected chi connectivity index (χ0v) is 31.3. The van der Waals surface area contributed by atoms with Gasteiger partial charge in [-0.25, -0.2) is 0 Å². The number of nitrogens with one attached hydrogen (secondary N) is 1. The number of halogens is 2. The first-order chi connectivity index (χ1) is 24.3. The normalized spacial score (nSPS) is 18.9. The van der Waals surface area contributed by atoms with Crippen LogP contribution in [0.4, 0.5) is 8.78 Å². The van der Waals surface area contributed by atoms with Crippen LogP contribution in [0, 0.1) is 19.3 Å². The van der Waals surface area contributed by atoms with Crippen LogP contribution in [0.1, 0.15) is 69.9 Å². The molecule has 52 heavy (non-hydrogen) atoms. The van der Waals surface area contributed by atoms with Gasteiger partial charge in [-0.3, -0.25) is 18.9 Å². The van der Waals surface area contributed by atoms with Crippen molar-refractivity contribution in [3.05, 3.63) is 105 Å². The van der Waals surface area contributed by atoms with E-state index in [9.17, 15) is 37.5 Å². The third-order valence-corrected chi connectivity index (χ3v) is 11.9. The molecule has 3 N–H and O–H groups in total. The maximum Gasteiger partial charge on any atom is 0.399 e. The highest BCUT2D eigenvalue weighted by molar-refractivity contribution is 7.52. The highest BCUT2D eigenvalue weighted by Crippen LogP contribution is 2.59. The molecule has 6 rings (SSSR count). The molecule has 0 radical (unpaired) electrons. The van der Waals surface area contributed by atoms with Crippen LogP contribution >= 0.6 is 18.9 Å². The number of fused-ring (bicyclic) bond motifs is 2. The topological polar surface area (TPSA) is 136 Å². The number of hydrogen-bond donors (Lipinski definition) is 3. The molecule has 3 amide bonds. The largest absolute Gasteiger partial charge is 0.399 e. The minimum absolute atomic E-state index is 0.121. The van der Waals surface area contributed by atoms with E-state index in [0.717, 1.165) is 51.3 Å². The maximum atomic E-state index is 14.7. The fraction of sp³-hybridized carbons (Fsp3) is 0.395. The van der Waals surface area contributed by atoms with Crippen molar-refractivity contribution in [2.75, 3.05) is 19.7 Å². The van der Waals surface area contributed by atoms with Gasteiger partial charge in [0.25, 0.3) is 5.91 Å². The van der Waals surface area contributed by atoms with Gasteiger partial charge >= 0.3 is 13.3 Å². The number of carbonyl (C=O) groups is 3. The summed E-state index contributed by atoms with van der Waals surface area (Å²) >= 11 is 0.999. The predicted octanol–water partition coefficient (Wildman–Crippen LogP) is 6.44. The molecule has 276 valence electrons. The van der Waals surface area contributed by atoms with Crippen molar-refractivity contribution in [3.63, 3.8) is 0 Å². The van der Waals surface area contributed by atoms with Gasteiger partial charge in [0.1, 0.15) is 18.2 Å². The second-order valence-corrected chi connectivity index (χ2v) is 17.4. The molecule has 10 nitrogen and oxygen atoms in total. The summed E-state index contributed by atoms with van der Waals surface area (Å²) in [6.45, 7) is 10.7. The quantitative estimate of drug-likeness (QED) is 0.185. The minimum Gasteiger partial charge on any atom is -0.370 e.